The SMILES string of the molecule is Cc1ccc(N2CCc3ccccc3C2)c(CO)c1. The van der Waals surface area contributed by atoms with Crippen molar-refractivity contribution in [1.29, 1.82) is 0 Å². The van der Waals surface area contributed by atoms with Crippen LogP contribution in [0.3, 0.4) is 0 Å². The van der Waals surface area contributed by atoms with E-state index in [9.17, 15) is 5.11 Å². The summed E-state index contributed by atoms with van der Waals surface area (Å²) in [6.45, 7) is 4.13. The standard InChI is InChI=1S/C17H19NO/c1-13-6-7-17(16(10-13)12-19)18-9-8-14-4-2-3-5-15(14)11-18/h2-7,10,19H,8-9,11-12H2,1H3. The summed E-state index contributed by atoms with van der Waals surface area (Å²) in [6, 6.07) is 15.0. The van der Waals surface area contributed by atoms with Crippen LogP contribution in [0.25, 0.3) is 0 Å². The zero-order chi connectivity index (χ0) is 13.2. The minimum absolute atomic E-state index is 0.106. The first-order valence-electron chi connectivity index (χ1n) is 6.80. The molecule has 2 aromatic carbocycles. The van der Waals surface area contributed by atoms with Gasteiger partial charge in [0.05, 0.1) is 6.61 Å². The highest BCUT2D eigenvalue weighted by atomic mass is 16.3. The van der Waals surface area contributed by atoms with E-state index < -0.39 is 0 Å². The van der Waals surface area contributed by atoms with Crippen molar-refractivity contribution in [3.63, 3.8) is 0 Å². The Hall–Kier alpha value is -1.80. The molecule has 0 aliphatic carbocycles. The highest BCUT2D eigenvalue weighted by Crippen LogP contribution is 2.28. The molecule has 0 amide bonds. The normalized spacial score (nSPS) is 14.3. The topological polar surface area (TPSA) is 23.5 Å². The predicted octanol–water partition coefficient (Wildman–Crippen LogP) is 3.05. The Labute approximate surface area is 114 Å². The fourth-order valence-electron chi connectivity index (χ4n) is 2.85. The van der Waals surface area contributed by atoms with Crippen LogP contribution >= 0.6 is 0 Å². The van der Waals surface area contributed by atoms with Crippen LogP contribution in [0.5, 0.6) is 0 Å². The van der Waals surface area contributed by atoms with E-state index in [4.69, 9.17) is 0 Å². The lowest BCUT2D eigenvalue weighted by Crippen LogP contribution is -2.31. The van der Waals surface area contributed by atoms with Crippen LogP contribution in [-0.2, 0) is 19.6 Å². The molecule has 1 N–H and O–H groups in total. The third-order valence-electron chi connectivity index (χ3n) is 3.88. The summed E-state index contributed by atoms with van der Waals surface area (Å²) in [4.78, 5) is 2.37. The lowest BCUT2D eigenvalue weighted by Gasteiger charge is -2.32. The number of aliphatic hydroxyl groups excluding tert-OH is 1. The zero-order valence-electron chi connectivity index (χ0n) is 11.3. The molecule has 3 rings (SSSR count). The molecule has 0 unspecified atom stereocenters. The van der Waals surface area contributed by atoms with Crippen LogP contribution in [0, 0.1) is 6.92 Å². The molecule has 19 heavy (non-hydrogen) atoms. The second kappa shape index (κ2) is 5.06. The molecule has 0 radical (unpaired) electrons. The average Bonchev–Trinajstić information content (AvgIpc) is 2.46. The van der Waals surface area contributed by atoms with Crippen LogP contribution < -0.4 is 4.90 Å². The van der Waals surface area contributed by atoms with E-state index in [-0.39, 0.29) is 6.61 Å². The maximum atomic E-state index is 9.54. The van der Waals surface area contributed by atoms with E-state index in [0.29, 0.717) is 0 Å². The predicted molar refractivity (Wildman–Crippen MR) is 78.3 cm³/mol. The summed E-state index contributed by atoms with van der Waals surface area (Å²) in [5, 5.41) is 9.54. The number of hydrogen-bond donors (Lipinski definition) is 1. The van der Waals surface area contributed by atoms with E-state index >= 15 is 0 Å². The molecule has 0 aromatic heterocycles. The van der Waals surface area contributed by atoms with Crippen LogP contribution in [0.4, 0.5) is 5.69 Å². The molecule has 0 bridgehead atoms. The summed E-state index contributed by atoms with van der Waals surface area (Å²) in [5.41, 5.74) is 6.25. The summed E-state index contributed by atoms with van der Waals surface area (Å²) in [6.07, 6.45) is 1.08. The van der Waals surface area contributed by atoms with E-state index in [2.05, 4.69) is 54.3 Å². The molecule has 0 saturated heterocycles. The van der Waals surface area contributed by atoms with E-state index in [1.807, 2.05) is 0 Å². The number of anilines is 1. The van der Waals surface area contributed by atoms with E-state index in [0.717, 1.165) is 25.1 Å². The Morgan fingerprint density at radius 2 is 1.89 bits per heavy atom. The minimum Gasteiger partial charge on any atom is -0.392 e. The molecule has 2 nitrogen and oxygen atoms in total. The Morgan fingerprint density at radius 3 is 2.68 bits per heavy atom. The van der Waals surface area contributed by atoms with E-state index in [1.165, 1.54) is 22.4 Å². The Bertz CT molecular complexity index is 592. The van der Waals surface area contributed by atoms with Crippen molar-refractivity contribution in [3.8, 4) is 0 Å². The van der Waals surface area contributed by atoms with Gasteiger partial charge in [-0.1, -0.05) is 42.0 Å². The van der Waals surface area contributed by atoms with E-state index in [1.54, 1.807) is 0 Å². The Balaban J connectivity index is 1.93. The maximum absolute atomic E-state index is 9.54. The van der Waals surface area contributed by atoms with Crippen molar-refractivity contribution in [2.24, 2.45) is 0 Å². The number of hydrogen-bond acceptors (Lipinski definition) is 2. The fraction of sp³-hybridized carbons (Fsp3) is 0.294. The molecule has 0 saturated carbocycles. The van der Waals surface area contributed by atoms with Gasteiger partial charge in [-0.25, -0.2) is 0 Å². The molecule has 2 heteroatoms. The molecular weight excluding hydrogens is 234 g/mol. The van der Waals surface area contributed by atoms with Gasteiger partial charge in [0.15, 0.2) is 0 Å². The Kier molecular flexibility index (Phi) is 3.26. The van der Waals surface area contributed by atoms with Gasteiger partial charge in [0.1, 0.15) is 0 Å². The minimum atomic E-state index is 0.106. The van der Waals surface area contributed by atoms with Gasteiger partial charge in [0.2, 0.25) is 0 Å². The van der Waals surface area contributed by atoms with Crippen molar-refractivity contribution in [2.45, 2.75) is 26.5 Å². The van der Waals surface area contributed by atoms with Gasteiger partial charge in [-0.2, -0.15) is 0 Å². The first-order chi connectivity index (χ1) is 9.28. The number of benzene rings is 2. The summed E-state index contributed by atoms with van der Waals surface area (Å²) < 4.78 is 0. The number of aliphatic hydroxyl groups is 1. The second-order valence-electron chi connectivity index (χ2n) is 5.23. The van der Waals surface area contributed by atoms with Gasteiger partial charge in [-0.15, -0.1) is 0 Å². The monoisotopic (exact) mass is 253 g/mol. The maximum Gasteiger partial charge on any atom is 0.0702 e. The largest absolute Gasteiger partial charge is 0.392 e. The van der Waals surface area contributed by atoms with Crippen LogP contribution in [0.2, 0.25) is 0 Å². The quantitative estimate of drug-likeness (QED) is 0.889. The van der Waals surface area contributed by atoms with Gasteiger partial charge in [0, 0.05) is 24.3 Å². The van der Waals surface area contributed by atoms with Crippen molar-refractivity contribution >= 4 is 5.69 Å². The lowest BCUT2D eigenvalue weighted by atomic mass is 9.98. The molecule has 1 aliphatic rings. The van der Waals surface area contributed by atoms with Gasteiger partial charge >= 0.3 is 0 Å². The summed E-state index contributed by atoms with van der Waals surface area (Å²) in [5.74, 6) is 0. The average molecular weight is 253 g/mol. The molecule has 0 atom stereocenters. The van der Waals surface area contributed by atoms with Crippen molar-refractivity contribution in [2.75, 3.05) is 11.4 Å². The number of nitrogens with zero attached hydrogens (tertiary/aromatic N) is 1. The zero-order valence-corrected chi connectivity index (χ0v) is 11.3. The third kappa shape index (κ3) is 2.36. The highest BCUT2D eigenvalue weighted by Gasteiger charge is 2.18. The van der Waals surface area contributed by atoms with Crippen LogP contribution in [-0.4, -0.2) is 11.7 Å². The lowest BCUT2D eigenvalue weighted by molar-refractivity contribution is 0.282. The van der Waals surface area contributed by atoms with Crippen LogP contribution in [0.1, 0.15) is 22.3 Å². The smallest absolute Gasteiger partial charge is 0.0702 e. The molecule has 98 valence electrons. The highest BCUT2D eigenvalue weighted by molar-refractivity contribution is 5.56. The molecular formula is C17H19NO. The fourth-order valence-corrected chi connectivity index (χ4v) is 2.85. The van der Waals surface area contributed by atoms with Crippen molar-refractivity contribution in [1.82, 2.24) is 0 Å². The molecule has 0 spiro atoms. The molecule has 1 aliphatic heterocycles. The Morgan fingerprint density at radius 1 is 1.11 bits per heavy atom. The first kappa shape index (κ1) is 12.2. The molecule has 2 aromatic rings. The molecule has 0 fully saturated rings. The number of aryl methyl sites for hydroxylation is 1. The van der Waals surface area contributed by atoms with Gasteiger partial charge in [-0.05, 0) is 30.5 Å². The van der Waals surface area contributed by atoms with Crippen LogP contribution in [0.15, 0.2) is 42.5 Å². The third-order valence-corrected chi connectivity index (χ3v) is 3.88. The first-order valence-corrected chi connectivity index (χ1v) is 6.80. The second-order valence-corrected chi connectivity index (χ2v) is 5.23. The van der Waals surface area contributed by atoms with Crippen molar-refractivity contribution in [3.05, 3.63) is 64.7 Å². The summed E-state index contributed by atoms with van der Waals surface area (Å²) in [7, 11) is 0. The number of fused-ring (bicyclic) bond motifs is 1. The van der Waals surface area contributed by atoms with Crippen molar-refractivity contribution < 1.29 is 5.11 Å². The number of rotatable bonds is 2. The van der Waals surface area contributed by atoms with Gasteiger partial charge in [-0.3, -0.25) is 0 Å². The molecule has 1 heterocycles. The van der Waals surface area contributed by atoms with Gasteiger partial charge in [0.25, 0.3) is 0 Å². The van der Waals surface area contributed by atoms with Gasteiger partial charge < -0.3 is 10.0 Å². The summed E-state index contributed by atoms with van der Waals surface area (Å²) >= 11 is 0.